The lowest BCUT2D eigenvalue weighted by Crippen LogP contribution is -2.43. The third-order valence-corrected chi connectivity index (χ3v) is 9.43. The number of amides is 1. The van der Waals surface area contributed by atoms with Gasteiger partial charge in [0.1, 0.15) is 24.0 Å². The zero-order chi connectivity index (χ0) is 33.7. The van der Waals surface area contributed by atoms with Gasteiger partial charge >= 0.3 is 23.9 Å². The molecule has 3 aliphatic rings. The van der Waals surface area contributed by atoms with Gasteiger partial charge in [0.15, 0.2) is 35.1 Å². The van der Waals surface area contributed by atoms with E-state index in [2.05, 4.69) is 20.3 Å². The molecule has 1 aliphatic heterocycles. The third-order valence-electron chi connectivity index (χ3n) is 9.26. The molecule has 1 amide bonds. The Hall–Kier alpha value is -4.02. The first-order chi connectivity index (χ1) is 22.2. The molecule has 1 saturated heterocycles. The fourth-order valence-corrected chi connectivity index (χ4v) is 6.83. The third kappa shape index (κ3) is 6.71. The number of carbonyl (C=O) groups is 3. The van der Waals surface area contributed by atoms with Crippen LogP contribution in [0.3, 0.4) is 0 Å². The molecule has 3 atom stereocenters. The van der Waals surface area contributed by atoms with Crippen LogP contribution in [-0.2, 0) is 35.1 Å². The molecule has 0 radical (unpaired) electrons. The SMILES string of the molecule is Cc1oc(=O)oc1COC(=O)CC(C)(C)OC(=O)Nc1nc(Cl)nc2c1ncn2[C@H]1C[C@H](O)[C@@](C)(COC(=O)C23CCC(CC2)C3)O1. The van der Waals surface area contributed by atoms with Crippen LogP contribution in [0.25, 0.3) is 11.2 Å². The summed E-state index contributed by atoms with van der Waals surface area (Å²) in [5.74, 6) is -1.07. The first-order valence-corrected chi connectivity index (χ1v) is 15.7. The van der Waals surface area contributed by atoms with Gasteiger partial charge < -0.3 is 32.9 Å². The summed E-state index contributed by atoms with van der Waals surface area (Å²) in [5, 5.41) is 13.2. The monoisotopic (exact) mass is 677 g/mol. The van der Waals surface area contributed by atoms with Gasteiger partial charge in [-0.05, 0) is 77.3 Å². The van der Waals surface area contributed by atoms with Gasteiger partial charge in [-0.2, -0.15) is 9.97 Å². The molecule has 0 spiro atoms. The Kier molecular flexibility index (Phi) is 8.55. The number of hydrogen-bond donors (Lipinski definition) is 2. The van der Waals surface area contributed by atoms with Gasteiger partial charge in [-0.15, -0.1) is 0 Å². The molecule has 2 N–H and O–H groups in total. The number of anilines is 1. The normalized spacial score (nSPS) is 26.9. The van der Waals surface area contributed by atoms with E-state index in [1.807, 2.05) is 0 Å². The molecule has 3 aromatic rings. The minimum Gasteiger partial charge on any atom is -0.462 e. The molecule has 6 rings (SSSR count). The second-order valence-corrected chi connectivity index (χ2v) is 13.7. The van der Waals surface area contributed by atoms with Crippen LogP contribution in [-0.4, -0.2) is 66.6 Å². The molecule has 254 valence electrons. The van der Waals surface area contributed by atoms with Gasteiger partial charge in [-0.25, -0.2) is 14.6 Å². The van der Waals surface area contributed by atoms with Crippen LogP contribution in [0.5, 0.6) is 0 Å². The van der Waals surface area contributed by atoms with Crippen LogP contribution in [0.2, 0.25) is 5.28 Å². The number of aliphatic hydroxyl groups is 1. The highest BCUT2D eigenvalue weighted by atomic mass is 35.5. The largest absolute Gasteiger partial charge is 0.519 e. The van der Waals surface area contributed by atoms with E-state index >= 15 is 0 Å². The highest BCUT2D eigenvalue weighted by Crippen LogP contribution is 2.55. The number of aryl methyl sites for hydroxylation is 1. The quantitative estimate of drug-likeness (QED) is 0.177. The number of aliphatic hydroxyl groups excluding tert-OH is 1. The molecule has 0 unspecified atom stereocenters. The predicted molar refractivity (Wildman–Crippen MR) is 160 cm³/mol. The van der Waals surface area contributed by atoms with Crippen molar-refractivity contribution in [2.45, 2.75) is 103 Å². The van der Waals surface area contributed by atoms with Gasteiger partial charge in [0.2, 0.25) is 5.28 Å². The average Bonchev–Trinajstić information content (AvgIpc) is 3.80. The smallest absolute Gasteiger partial charge is 0.462 e. The highest BCUT2D eigenvalue weighted by Gasteiger charge is 2.53. The molecule has 2 saturated carbocycles. The van der Waals surface area contributed by atoms with Crippen LogP contribution in [0.4, 0.5) is 10.6 Å². The second-order valence-electron chi connectivity index (χ2n) is 13.4. The van der Waals surface area contributed by atoms with Gasteiger partial charge in [0, 0.05) is 6.42 Å². The standard InChI is InChI=1S/C30H36ClN5O11/c1-15-17(45-27(41)44-15)12-42-20(38)11-28(2,3)47-26(40)34-22-21-23(35-25(31)33-22)36(14-32-21)19-9-18(37)29(4,46-19)13-43-24(39)30-7-5-16(10-30)6-8-30/h14,16,18-19,37H,5-13H2,1-4H3,(H,33,34,35,40)/t16?,18-,19+,29+,30?/m0/s1. The van der Waals surface area contributed by atoms with Gasteiger partial charge in [-0.1, -0.05) is 0 Å². The van der Waals surface area contributed by atoms with Crippen LogP contribution in [0.15, 0.2) is 20.0 Å². The predicted octanol–water partition coefficient (Wildman–Crippen LogP) is 3.96. The van der Waals surface area contributed by atoms with Gasteiger partial charge in [0.05, 0.1) is 24.3 Å². The summed E-state index contributed by atoms with van der Waals surface area (Å²) in [6.07, 6.45) is 3.20. The fraction of sp³-hybridized carbons (Fsp3) is 0.633. The molecule has 17 heteroatoms. The molecule has 47 heavy (non-hydrogen) atoms. The van der Waals surface area contributed by atoms with Crippen molar-refractivity contribution in [3.8, 4) is 0 Å². The van der Waals surface area contributed by atoms with Crippen molar-refractivity contribution >= 4 is 46.6 Å². The topological polar surface area (TPSA) is 207 Å². The number of nitrogens with zero attached hydrogens (tertiary/aromatic N) is 4. The molecule has 3 fully saturated rings. The fourth-order valence-electron chi connectivity index (χ4n) is 6.67. The lowest BCUT2D eigenvalue weighted by molar-refractivity contribution is -0.172. The minimum absolute atomic E-state index is 0.0616. The summed E-state index contributed by atoms with van der Waals surface area (Å²) in [5.41, 5.74) is -2.54. The first-order valence-electron chi connectivity index (χ1n) is 15.3. The lowest BCUT2D eigenvalue weighted by atomic mass is 9.84. The Labute approximate surface area is 273 Å². The van der Waals surface area contributed by atoms with E-state index in [4.69, 9.17) is 39.4 Å². The number of hydrogen-bond acceptors (Lipinski definition) is 14. The maximum Gasteiger partial charge on any atom is 0.519 e. The van der Waals surface area contributed by atoms with Crippen molar-refractivity contribution < 1.29 is 47.3 Å². The van der Waals surface area contributed by atoms with Crippen molar-refractivity contribution in [3.63, 3.8) is 0 Å². The number of ether oxygens (including phenoxy) is 4. The minimum atomic E-state index is -1.32. The van der Waals surface area contributed by atoms with Crippen molar-refractivity contribution in [1.29, 1.82) is 0 Å². The Morgan fingerprint density at radius 2 is 1.94 bits per heavy atom. The van der Waals surface area contributed by atoms with E-state index in [9.17, 15) is 24.3 Å². The number of fused-ring (bicyclic) bond motifs is 3. The van der Waals surface area contributed by atoms with Crippen molar-refractivity contribution in [2.75, 3.05) is 11.9 Å². The molecule has 2 aliphatic carbocycles. The van der Waals surface area contributed by atoms with Gasteiger partial charge in [0.25, 0.3) is 0 Å². The van der Waals surface area contributed by atoms with E-state index in [1.165, 1.54) is 27.1 Å². The zero-order valence-electron chi connectivity index (χ0n) is 26.4. The van der Waals surface area contributed by atoms with E-state index in [0.29, 0.717) is 5.92 Å². The maximum absolute atomic E-state index is 13.0. The average molecular weight is 678 g/mol. The summed E-state index contributed by atoms with van der Waals surface area (Å²) in [4.78, 5) is 62.1. The van der Waals surface area contributed by atoms with E-state index in [1.54, 1.807) is 11.5 Å². The molecule has 0 aromatic carbocycles. The summed E-state index contributed by atoms with van der Waals surface area (Å²) in [7, 11) is 0. The van der Waals surface area contributed by atoms with Crippen LogP contribution in [0.1, 0.15) is 83.5 Å². The zero-order valence-corrected chi connectivity index (χ0v) is 27.1. The molecule has 3 aromatic heterocycles. The van der Waals surface area contributed by atoms with Crippen molar-refractivity contribution in [1.82, 2.24) is 19.5 Å². The number of rotatable bonds is 10. The summed E-state index contributed by atoms with van der Waals surface area (Å²) in [6.45, 7) is 5.75. The van der Waals surface area contributed by atoms with E-state index in [0.717, 1.165) is 32.1 Å². The Morgan fingerprint density at radius 1 is 1.19 bits per heavy atom. The number of carbonyl (C=O) groups excluding carboxylic acids is 3. The molecule has 4 heterocycles. The van der Waals surface area contributed by atoms with Gasteiger partial charge in [-0.3, -0.25) is 19.5 Å². The Bertz CT molecular complexity index is 1760. The van der Waals surface area contributed by atoms with E-state index < -0.39 is 46.8 Å². The maximum atomic E-state index is 13.0. The number of imidazole rings is 1. The molecule has 16 nitrogen and oxygen atoms in total. The van der Waals surface area contributed by atoms with Crippen molar-refractivity contribution in [3.05, 3.63) is 33.7 Å². The van der Waals surface area contributed by atoms with Crippen molar-refractivity contribution in [2.24, 2.45) is 11.3 Å². The Morgan fingerprint density at radius 3 is 2.60 bits per heavy atom. The number of aromatic nitrogens is 4. The summed E-state index contributed by atoms with van der Waals surface area (Å²) >= 11 is 6.21. The number of nitrogens with one attached hydrogen (secondary N) is 1. The molecule has 2 bridgehead atoms. The number of esters is 2. The summed E-state index contributed by atoms with van der Waals surface area (Å²) in [6, 6.07) is 0. The molecular weight excluding hydrogens is 642 g/mol. The summed E-state index contributed by atoms with van der Waals surface area (Å²) < 4.78 is 33.6. The lowest BCUT2D eigenvalue weighted by Gasteiger charge is -2.30. The van der Waals surface area contributed by atoms with E-state index in [-0.39, 0.29) is 65.8 Å². The van der Waals surface area contributed by atoms with Crippen LogP contribution >= 0.6 is 11.6 Å². The number of halogens is 1. The second kappa shape index (κ2) is 12.2. The first kappa shape index (κ1) is 32.9. The highest BCUT2D eigenvalue weighted by molar-refractivity contribution is 6.28. The van der Waals surface area contributed by atoms with Crippen LogP contribution < -0.4 is 11.1 Å². The van der Waals surface area contributed by atoms with Crippen LogP contribution in [0, 0.1) is 18.3 Å². The Balaban J connectivity index is 1.08. The molecular formula is C30H36ClN5O11.